The van der Waals surface area contributed by atoms with E-state index < -0.39 is 10.4 Å². The molecule has 0 bridgehead atoms. The van der Waals surface area contributed by atoms with E-state index in [-0.39, 0.29) is 0 Å². The quantitative estimate of drug-likeness (QED) is 0.0706. The number of hydrogen-bond acceptors (Lipinski definition) is 3. The van der Waals surface area contributed by atoms with E-state index in [1.807, 2.05) is 0 Å². The average Bonchev–Trinajstić information content (AvgIpc) is 2.84. The van der Waals surface area contributed by atoms with Crippen LogP contribution in [0.3, 0.4) is 0 Å². The Morgan fingerprint density at radius 3 is 1.17 bits per heavy atom. The van der Waals surface area contributed by atoms with Crippen molar-refractivity contribution < 1.29 is 17.5 Å². The second-order valence-corrected chi connectivity index (χ2v) is 11.2. The number of unbranched alkanes of at least 4 members (excludes halogenated alkanes) is 15. The van der Waals surface area contributed by atoms with E-state index in [2.05, 4.69) is 51.1 Å². The fourth-order valence-electron chi connectivity index (χ4n) is 5.05. The van der Waals surface area contributed by atoms with Gasteiger partial charge in [0, 0.05) is 0 Å². The Hall–Kier alpha value is -0.950. The maximum absolute atomic E-state index is 8.63. The lowest BCUT2D eigenvalue weighted by molar-refractivity contribution is 0.252. The van der Waals surface area contributed by atoms with Gasteiger partial charge in [-0.1, -0.05) is 116 Å². The Morgan fingerprint density at radius 1 is 0.583 bits per heavy atom. The first-order chi connectivity index (χ1) is 17.3. The van der Waals surface area contributed by atoms with Gasteiger partial charge in [0.2, 0.25) is 10.4 Å². The molecule has 1 aromatic rings. The highest BCUT2D eigenvalue weighted by Gasteiger charge is 2.29. The minimum atomic E-state index is -4.92. The van der Waals surface area contributed by atoms with Crippen molar-refractivity contribution in [3.05, 3.63) is 30.3 Å². The summed E-state index contributed by atoms with van der Waals surface area (Å²) in [5.41, 5.74) is 1.58. The van der Waals surface area contributed by atoms with Gasteiger partial charge in [-0.2, -0.15) is 0 Å². The van der Waals surface area contributed by atoms with Crippen molar-refractivity contribution in [2.45, 2.75) is 136 Å². The highest BCUT2D eigenvalue weighted by Crippen LogP contribution is 2.27. The van der Waals surface area contributed by atoms with Crippen LogP contribution in [0.4, 0.5) is 5.69 Å². The van der Waals surface area contributed by atoms with Crippen LogP contribution in [0.5, 0.6) is 0 Å². The molecule has 1 rings (SSSR count). The van der Waals surface area contributed by atoms with Crippen LogP contribution >= 0.6 is 0 Å². The molecule has 1 aromatic carbocycles. The van der Waals surface area contributed by atoms with E-state index in [0.717, 1.165) is 0 Å². The summed E-state index contributed by atoms with van der Waals surface area (Å²) in [7, 11) is -4.92. The van der Waals surface area contributed by atoms with Crippen molar-refractivity contribution in [3.8, 4) is 0 Å². The first-order valence-electron chi connectivity index (χ1n) is 14.9. The molecule has 0 unspecified atom stereocenters. The molecule has 0 aliphatic rings. The van der Waals surface area contributed by atoms with Gasteiger partial charge in [0.15, 0.2) is 0 Å². The van der Waals surface area contributed by atoms with Crippen molar-refractivity contribution in [2.24, 2.45) is 0 Å². The van der Waals surface area contributed by atoms with Gasteiger partial charge in [0.05, 0.1) is 19.6 Å². The summed E-state index contributed by atoms with van der Waals surface area (Å²) in [6, 6.07) is 11.6. The molecule has 0 aliphatic heterocycles. The van der Waals surface area contributed by atoms with E-state index in [0.29, 0.717) is 0 Å². The van der Waals surface area contributed by atoms with Crippen molar-refractivity contribution in [2.75, 3.05) is 19.6 Å². The molecule has 0 saturated heterocycles. The van der Waals surface area contributed by atoms with Crippen LogP contribution < -0.4 is 4.48 Å². The number of para-hydroxylation sites is 1. The third-order valence-corrected chi connectivity index (χ3v) is 7.12. The number of quaternary nitrogens is 1. The van der Waals surface area contributed by atoms with E-state index in [9.17, 15) is 0 Å². The SMILES string of the molecule is CCCCCCCC[N+](CCCCCCCC)(CCCCCCCC)c1ccccc1.O=S(=O)([O-])O. The Bertz CT molecular complexity index is 645. The molecule has 6 heteroatoms. The van der Waals surface area contributed by atoms with Gasteiger partial charge in [-0.3, -0.25) is 9.04 Å². The molecule has 0 fully saturated rings. The number of benzene rings is 1. The maximum atomic E-state index is 8.63. The second kappa shape index (κ2) is 23.2. The third kappa shape index (κ3) is 21.2. The van der Waals surface area contributed by atoms with Crippen LogP contribution in [0, 0.1) is 0 Å². The predicted molar refractivity (Wildman–Crippen MR) is 155 cm³/mol. The molecular weight excluding hydrogens is 470 g/mol. The van der Waals surface area contributed by atoms with E-state index in [1.165, 1.54) is 140 Å². The Balaban J connectivity index is 0.00000222. The van der Waals surface area contributed by atoms with E-state index in [1.54, 1.807) is 5.69 Å². The fourth-order valence-corrected chi connectivity index (χ4v) is 5.05. The maximum Gasteiger partial charge on any atom is 0.215 e. The highest BCUT2D eigenvalue weighted by atomic mass is 32.3. The zero-order valence-corrected chi connectivity index (χ0v) is 24.6. The summed E-state index contributed by atoms with van der Waals surface area (Å²) in [4.78, 5) is 0. The molecule has 1 N–H and O–H groups in total. The summed E-state index contributed by atoms with van der Waals surface area (Å²) < 4.78 is 34.1. The van der Waals surface area contributed by atoms with Crippen LogP contribution in [-0.2, 0) is 10.4 Å². The molecular formula is C30H57NO4S. The Kier molecular flexibility index (Phi) is 22.6. The van der Waals surface area contributed by atoms with Gasteiger partial charge in [-0.05, 0) is 50.7 Å². The van der Waals surface area contributed by atoms with Gasteiger partial charge < -0.3 is 4.55 Å². The Labute approximate surface area is 224 Å². The number of rotatable bonds is 22. The second-order valence-electron chi connectivity index (χ2n) is 10.4. The first-order valence-corrected chi connectivity index (χ1v) is 16.3. The van der Waals surface area contributed by atoms with Crippen LogP contribution in [0.25, 0.3) is 0 Å². The van der Waals surface area contributed by atoms with Gasteiger partial charge in [0.25, 0.3) is 0 Å². The number of nitrogens with zero attached hydrogens (tertiary/aromatic N) is 1. The monoisotopic (exact) mass is 527 g/mol. The first kappa shape index (κ1) is 35.0. The van der Waals surface area contributed by atoms with Crippen molar-refractivity contribution in [1.82, 2.24) is 4.48 Å². The third-order valence-electron chi connectivity index (χ3n) is 7.12. The average molecular weight is 528 g/mol. The van der Waals surface area contributed by atoms with E-state index >= 15 is 0 Å². The van der Waals surface area contributed by atoms with Gasteiger partial charge in [0.1, 0.15) is 5.69 Å². The normalized spacial score (nSPS) is 11.8. The molecule has 0 aromatic heterocycles. The van der Waals surface area contributed by atoms with Crippen molar-refractivity contribution >= 4 is 16.1 Å². The minimum Gasteiger partial charge on any atom is -0.726 e. The van der Waals surface area contributed by atoms with Crippen molar-refractivity contribution in [3.63, 3.8) is 0 Å². The predicted octanol–water partition coefficient (Wildman–Crippen LogP) is 9.08. The van der Waals surface area contributed by atoms with E-state index in [4.69, 9.17) is 17.5 Å². The molecule has 0 spiro atoms. The molecule has 0 amide bonds. The molecule has 0 atom stereocenters. The van der Waals surface area contributed by atoms with Crippen LogP contribution in [0.1, 0.15) is 136 Å². The zero-order valence-electron chi connectivity index (χ0n) is 23.8. The van der Waals surface area contributed by atoms with Crippen LogP contribution in [0.2, 0.25) is 0 Å². The molecule has 212 valence electrons. The summed E-state index contributed by atoms with van der Waals surface area (Å²) in [6.07, 6.45) is 25.3. The zero-order chi connectivity index (χ0) is 27.0. The van der Waals surface area contributed by atoms with Crippen LogP contribution in [-0.4, -0.2) is 37.2 Å². The molecule has 36 heavy (non-hydrogen) atoms. The van der Waals surface area contributed by atoms with Crippen molar-refractivity contribution in [1.29, 1.82) is 0 Å². The fraction of sp³-hybridized carbons (Fsp3) is 0.800. The highest BCUT2D eigenvalue weighted by molar-refractivity contribution is 7.79. The summed E-state index contributed by atoms with van der Waals surface area (Å²) >= 11 is 0. The molecule has 0 saturated carbocycles. The molecule has 0 heterocycles. The lowest BCUT2D eigenvalue weighted by atomic mass is 10.0. The topological polar surface area (TPSA) is 77.4 Å². The summed E-state index contributed by atoms with van der Waals surface area (Å²) in [6.45, 7) is 11.0. The molecule has 0 radical (unpaired) electrons. The van der Waals surface area contributed by atoms with Gasteiger partial charge in [-0.15, -0.1) is 0 Å². The standard InChI is InChI=1S/C30H56N.H2O4S/c1-4-7-10-13-16-22-27-31(30-25-20-19-21-26-30,28-23-17-14-11-8-5-2)29-24-18-15-12-9-6-3;1-5(2,3)4/h19-21,25-26H,4-18,22-24,27-29H2,1-3H3;(H2,1,2,3,4)/q+1;/p-1. The van der Waals surface area contributed by atoms with Gasteiger partial charge in [-0.25, -0.2) is 8.42 Å². The van der Waals surface area contributed by atoms with Gasteiger partial charge >= 0.3 is 0 Å². The summed E-state index contributed by atoms with van der Waals surface area (Å²) in [5.74, 6) is 0. The smallest absolute Gasteiger partial charge is 0.215 e. The largest absolute Gasteiger partial charge is 0.726 e. The lowest BCUT2D eigenvalue weighted by Crippen LogP contribution is -2.51. The van der Waals surface area contributed by atoms with Crippen LogP contribution in [0.15, 0.2) is 30.3 Å². The summed E-state index contributed by atoms with van der Waals surface area (Å²) in [5, 5.41) is 0. The molecule has 0 aliphatic carbocycles. The number of hydrogen-bond donors (Lipinski definition) is 1. The minimum absolute atomic E-state index is 1.25. The lowest BCUT2D eigenvalue weighted by Gasteiger charge is -2.39. The molecule has 5 nitrogen and oxygen atoms in total. The Morgan fingerprint density at radius 2 is 0.861 bits per heavy atom.